The predicted molar refractivity (Wildman–Crippen MR) is 60.7 cm³/mol. The van der Waals surface area contributed by atoms with Crippen LogP contribution < -0.4 is 0 Å². The van der Waals surface area contributed by atoms with Crippen molar-refractivity contribution in [3.63, 3.8) is 0 Å². The van der Waals surface area contributed by atoms with Gasteiger partial charge < -0.3 is 0 Å². The topological polar surface area (TPSA) is 17.1 Å². The molecule has 2 unspecified atom stereocenters. The summed E-state index contributed by atoms with van der Waals surface area (Å²) in [6.07, 6.45) is 7.37. The van der Waals surface area contributed by atoms with Gasteiger partial charge >= 0.3 is 0 Å². The Kier molecular flexibility index (Phi) is 4.94. The van der Waals surface area contributed by atoms with Crippen LogP contribution in [0.2, 0.25) is 0 Å². The van der Waals surface area contributed by atoms with Crippen molar-refractivity contribution in [2.45, 2.75) is 57.7 Å². The Morgan fingerprint density at radius 3 is 2.36 bits per heavy atom. The van der Waals surface area contributed by atoms with Crippen LogP contribution in [0.5, 0.6) is 0 Å². The lowest BCUT2D eigenvalue weighted by molar-refractivity contribution is -0.119. The van der Waals surface area contributed by atoms with Crippen molar-refractivity contribution in [3.05, 3.63) is 0 Å². The van der Waals surface area contributed by atoms with E-state index in [0.717, 1.165) is 5.92 Å². The molecule has 0 aromatic rings. The molecule has 0 N–H and O–H groups in total. The molecule has 0 aromatic carbocycles. The molecule has 2 heteroatoms. The molecule has 0 aromatic heterocycles. The molecule has 0 amide bonds. The van der Waals surface area contributed by atoms with Crippen molar-refractivity contribution in [2.75, 3.05) is 0 Å². The van der Waals surface area contributed by atoms with Crippen LogP contribution in [0.25, 0.3) is 0 Å². The molecule has 0 spiro atoms. The number of halogens is 1. The second kappa shape index (κ2) is 5.75. The highest BCUT2D eigenvalue weighted by atomic mass is 35.5. The van der Waals surface area contributed by atoms with Crippen LogP contribution in [0.1, 0.15) is 52.4 Å². The van der Waals surface area contributed by atoms with Crippen molar-refractivity contribution < 1.29 is 4.79 Å². The Bertz CT molecular complexity index is 183. The average Bonchev–Trinajstić information content (AvgIpc) is 2.19. The van der Waals surface area contributed by atoms with Crippen LogP contribution in [0, 0.1) is 11.8 Å². The summed E-state index contributed by atoms with van der Waals surface area (Å²) < 4.78 is 0. The minimum atomic E-state index is -0.305. The maximum atomic E-state index is 11.5. The van der Waals surface area contributed by atoms with Crippen molar-refractivity contribution >= 4 is 17.4 Å². The van der Waals surface area contributed by atoms with Crippen molar-refractivity contribution in [1.82, 2.24) is 0 Å². The lowest BCUT2D eigenvalue weighted by atomic mass is 9.79. The first-order chi connectivity index (χ1) is 6.61. The third-order valence-electron chi connectivity index (χ3n) is 3.42. The van der Waals surface area contributed by atoms with Gasteiger partial charge in [0.2, 0.25) is 0 Å². The Labute approximate surface area is 92.2 Å². The SMILES string of the molecule is CC(Cl)C(=O)CC(C)C1CCCCC1. The monoisotopic (exact) mass is 216 g/mol. The molecule has 14 heavy (non-hydrogen) atoms. The molecule has 1 aliphatic carbocycles. The highest BCUT2D eigenvalue weighted by Gasteiger charge is 2.23. The first-order valence-corrected chi connectivity index (χ1v) is 6.21. The first kappa shape index (κ1) is 12.0. The molecular weight excluding hydrogens is 196 g/mol. The standard InChI is InChI=1S/C12H21ClO/c1-9(8-12(14)10(2)13)11-6-4-3-5-7-11/h9-11H,3-8H2,1-2H3. The molecule has 0 saturated heterocycles. The van der Waals surface area contributed by atoms with Gasteiger partial charge in [-0.3, -0.25) is 4.79 Å². The largest absolute Gasteiger partial charge is 0.298 e. The number of carbonyl (C=O) groups excluding carboxylic acids is 1. The van der Waals surface area contributed by atoms with Gasteiger partial charge in [0.1, 0.15) is 0 Å². The van der Waals surface area contributed by atoms with Gasteiger partial charge in [-0.2, -0.15) is 0 Å². The maximum Gasteiger partial charge on any atom is 0.150 e. The van der Waals surface area contributed by atoms with Gasteiger partial charge in [-0.25, -0.2) is 0 Å². The average molecular weight is 217 g/mol. The second-order valence-electron chi connectivity index (χ2n) is 4.66. The fourth-order valence-electron chi connectivity index (χ4n) is 2.35. The fourth-order valence-corrected chi connectivity index (χ4v) is 2.44. The molecule has 1 aliphatic rings. The quantitative estimate of drug-likeness (QED) is 0.654. The Balaban J connectivity index is 2.32. The molecule has 1 fully saturated rings. The molecule has 0 bridgehead atoms. The molecular formula is C12H21ClO. The highest BCUT2D eigenvalue weighted by molar-refractivity contribution is 6.30. The van der Waals surface area contributed by atoms with Crippen molar-refractivity contribution in [1.29, 1.82) is 0 Å². The summed E-state index contributed by atoms with van der Waals surface area (Å²) in [4.78, 5) is 11.5. The van der Waals surface area contributed by atoms with E-state index >= 15 is 0 Å². The van der Waals surface area contributed by atoms with Crippen LogP contribution in [-0.4, -0.2) is 11.2 Å². The number of alkyl halides is 1. The number of hydrogen-bond donors (Lipinski definition) is 0. The normalized spacial score (nSPS) is 23.1. The number of rotatable bonds is 4. The van der Waals surface area contributed by atoms with E-state index in [1.165, 1.54) is 32.1 Å². The Hall–Kier alpha value is -0.0400. The summed E-state index contributed by atoms with van der Waals surface area (Å²) in [5.74, 6) is 1.51. The van der Waals surface area contributed by atoms with E-state index < -0.39 is 0 Å². The third kappa shape index (κ3) is 3.61. The van der Waals surface area contributed by atoms with Gasteiger partial charge in [0.25, 0.3) is 0 Å². The Morgan fingerprint density at radius 1 is 1.29 bits per heavy atom. The molecule has 1 saturated carbocycles. The number of carbonyl (C=O) groups is 1. The molecule has 82 valence electrons. The second-order valence-corrected chi connectivity index (χ2v) is 5.32. The first-order valence-electron chi connectivity index (χ1n) is 5.78. The highest BCUT2D eigenvalue weighted by Crippen LogP contribution is 2.31. The third-order valence-corrected chi connectivity index (χ3v) is 3.66. The van der Waals surface area contributed by atoms with E-state index in [2.05, 4.69) is 6.92 Å². The molecule has 0 radical (unpaired) electrons. The summed E-state index contributed by atoms with van der Waals surface area (Å²) in [7, 11) is 0. The summed E-state index contributed by atoms with van der Waals surface area (Å²) in [5, 5.41) is -0.305. The van der Waals surface area contributed by atoms with Gasteiger partial charge in [-0.05, 0) is 18.8 Å². The Morgan fingerprint density at radius 2 is 1.86 bits per heavy atom. The van der Waals surface area contributed by atoms with Crippen LogP contribution >= 0.6 is 11.6 Å². The van der Waals surface area contributed by atoms with E-state index in [4.69, 9.17) is 11.6 Å². The zero-order valence-corrected chi connectivity index (χ0v) is 10.0. The molecule has 1 nitrogen and oxygen atoms in total. The van der Waals surface area contributed by atoms with Gasteiger partial charge in [-0.15, -0.1) is 11.6 Å². The van der Waals surface area contributed by atoms with Crippen LogP contribution in [0.15, 0.2) is 0 Å². The van der Waals surface area contributed by atoms with E-state index in [9.17, 15) is 4.79 Å². The van der Waals surface area contributed by atoms with E-state index in [1.807, 2.05) is 0 Å². The van der Waals surface area contributed by atoms with E-state index in [0.29, 0.717) is 12.3 Å². The minimum Gasteiger partial charge on any atom is -0.298 e. The van der Waals surface area contributed by atoms with E-state index in [-0.39, 0.29) is 11.2 Å². The van der Waals surface area contributed by atoms with Gasteiger partial charge in [0.15, 0.2) is 5.78 Å². The van der Waals surface area contributed by atoms with Gasteiger partial charge in [0, 0.05) is 6.42 Å². The summed E-state index contributed by atoms with van der Waals surface area (Å²) >= 11 is 5.76. The number of ketones is 1. The van der Waals surface area contributed by atoms with Crippen molar-refractivity contribution in [2.24, 2.45) is 11.8 Å². The van der Waals surface area contributed by atoms with Gasteiger partial charge in [-0.1, -0.05) is 39.0 Å². The van der Waals surface area contributed by atoms with Crippen LogP contribution in [0.4, 0.5) is 0 Å². The molecule has 2 atom stereocenters. The summed E-state index contributed by atoms with van der Waals surface area (Å²) in [6, 6.07) is 0. The maximum absolute atomic E-state index is 11.5. The van der Waals surface area contributed by atoms with Crippen molar-refractivity contribution in [3.8, 4) is 0 Å². The number of hydrogen-bond acceptors (Lipinski definition) is 1. The van der Waals surface area contributed by atoms with Crippen LogP contribution in [-0.2, 0) is 4.79 Å². The minimum absolute atomic E-state index is 0.213. The fraction of sp³-hybridized carbons (Fsp3) is 0.917. The number of Topliss-reactive ketones (excluding diaryl/α,β-unsaturated/α-hetero) is 1. The predicted octanol–water partition coefficient (Wildman–Crippen LogP) is 3.79. The van der Waals surface area contributed by atoms with Crippen LogP contribution in [0.3, 0.4) is 0 Å². The zero-order chi connectivity index (χ0) is 10.6. The molecule has 1 rings (SSSR count). The lowest BCUT2D eigenvalue weighted by Crippen LogP contribution is -2.21. The zero-order valence-electron chi connectivity index (χ0n) is 9.26. The van der Waals surface area contributed by atoms with E-state index in [1.54, 1.807) is 6.92 Å². The summed E-state index contributed by atoms with van der Waals surface area (Å²) in [5.41, 5.74) is 0. The smallest absolute Gasteiger partial charge is 0.150 e. The molecule has 0 heterocycles. The lowest BCUT2D eigenvalue weighted by Gasteiger charge is -2.27. The van der Waals surface area contributed by atoms with Gasteiger partial charge in [0.05, 0.1) is 5.38 Å². The summed E-state index contributed by atoms with van der Waals surface area (Å²) in [6.45, 7) is 3.98. The molecule has 0 aliphatic heterocycles.